The van der Waals surface area contributed by atoms with Gasteiger partial charge in [-0.2, -0.15) is 0 Å². The summed E-state index contributed by atoms with van der Waals surface area (Å²) >= 11 is 3.47. The lowest BCUT2D eigenvalue weighted by Crippen LogP contribution is -2.39. The monoisotopic (exact) mass is 398 g/mol. The molecule has 134 valence electrons. The molecule has 1 aliphatic heterocycles. The van der Waals surface area contributed by atoms with Crippen LogP contribution in [-0.2, 0) is 4.74 Å². The van der Waals surface area contributed by atoms with Crippen molar-refractivity contribution in [1.82, 2.24) is 10.2 Å². The lowest BCUT2D eigenvalue weighted by molar-refractivity contribution is 0.0376. The number of rotatable bonds is 8. The molecule has 3 N–H and O–H groups in total. The van der Waals surface area contributed by atoms with Crippen molar-refractivity contribution in [3.05, 3.63) is 28.7 Å². The molecule has 1 unspecified atom stereocenters. The van der Waals surface area contributed by atoms with Crippen molar-refractivity contribution in [3.63, 3.8) is 0 Å². The number of nitrogens with zero attached hydrogens (tertiary/aromatic N) is 2. The topological polar surface area (TPSA) is 72.1 Å². The van der Waals surface area contributed by atoms with E-state index in [2.05, 4.69) is 31.1 Å². The molecule has 0 aromatic heterocycles. The van der Waals surface area contributed by atoms with Gasteiger partial charge in [0.05, 0.1) is 24.2 Å². The van der Waals surface area contributed by atoms with Crippen molar-refractivity contribution in [2.45, 2.75) is 19.4 Å². The largest absolute Gasteiger partial charge is 0.488 e. The van der Waals surface area contributed by atoms with E-state index < -0.39 is 0 Å². The van der Waals surface area contributed by atoms with Gasteiger partial charge in [0.25, 0.3) is 0 Å². The third kappa shape index (κ3) is 7.07. The zero-order valence-corrected chi connectivity index (χ0v) is 15.8. The van der Waals surface area contributed by atoms with E-state index in [9.17, 15) is 0 Å². The Morgan fingerprint density at radius 2 is 2.17 bits per heavy atom. The number of hydrogen-bond donors (Lipinski definition) is 2. The summed E-state index contributed by atoms with van der Waals surface area (Å²) in [4.78, 5) is 6.75. The number of benzene rings is 1. The van der Waals surface area contributed by atoms with Gasteiger partial charge in [0, 0.05) is 19.6 Å². The van der Waals surface area contributed by atoms with Crippen molar-refractivity contribution in [1.29, 1.82) is 0 Å². The molecule has 1 aromatic rings. The first-order chi connectivity index (χ1) is 11.6. The molecule has 1 aliphatic rings. The first kappa shape index (κ1) is 19.0. The van der Waals surface area contributed by atoms with Gasteiger partial charge in [-0.1, -0.05) is 12.1 Å². The molecule has 2 rings (SSSR count). The van der Waals surface area contributed by atoms with E-state index in [1.807, 2.05) is 31.2 Å². The summed E-state index contributed by atoms with van der Waals surface area (Å²) in [5.74, 6) is 1.29. The fourth-order valence-corrected chi connectivity index (χ4v) is 2.80. The summed E-state index contributed by atoms with van der Waals surface area (Å²) in [5, 5.41) is 3.16. The van der Waals surface area contributed by atoms with Gasteiger partial charge in [0.15, 0.2) is 5.96 Å². The Bertz CT molecular complexity index is 521. The molecule has 0 bridgehead atoms. The predicted octanol–water partition coefficient (Wildman–Crippen LogP) is 1.84. The van der Waals surface area contributed by atoms with Gasteiger partial charge in [-0.25, -0.2) is 4.99 Å². The van der Waals surface area contributed by atoms with Crippen LogP contribution in [0.4, 0.5) is 0 Å². The summed E-state index contributed by atoms with van der Waals surface area (Å²) in [7, 11) is 0. The zero-order chi connectivity index (χ0) is 17.2. The highest BCUT2D eigenvalue weighted by Crippen LogP contribution is 2.24. The van der Waals surface area contributed by atoms with Gasteiger partial charge in [-0.3, -0.25) is 4.90 Å². The van der Waals surface area contributed by atoms with Crippen LogP contribution >= 0.6 is 15.9 Å². The Morgan fingerprint density at radius 1 is 1.42 bits per heavy atom. The van der Waals surface area contributed by atoms with Crippen molar-refractivity contribution in [2.24, 2.45) is 10.7 Å². The molecular weight excluding hydrogens is 372 g/mol. The maximum atomic E-state index is 5.90. The minimum absolute atomic E-state index is 0.0441. The van der Waals surface area contributed by atoms with Crippen LogP contribution in [0.3, 0.4) is 0 Å². The number of guanidine groups is 1. The van der Waals surface area contributed by atoms with E-state index in [4.69, 9.17) is 15.2 Å². The Labute approximate surface area is 152 Å². The lowest BCUT2D eigenvalue weighted by Gasteiger charge is -2.26. The van der Waals surface area contributed by atoms with Gasteiger partial charge >= 0.3 is 0 Å². The SMILES string of the molecule is CC(CN=C(N)NCCCN1CCOCC1)Oc1ccccc1Br. The van der Waals surface area contributed by atoms with Crippen LogP contribution in [-0.4, -0.2) is 62.9 Å². The molecule has 7 heteroatoms. The van der Waals surface area contributed by atoms with Crippen LogP contribution in [0, 0.1) is 0 Å². The molecule has 1 fully saturated rings. The number of hydrogen-bond acceptors (Lipinski definition) is 4. The van der Waals surface area contributed by atoms with Crippen molar-refractivity contribution < 1.29 is 9.47 Å². The molecule has 1 aromatic carbocycles. The van der Waals surface area contributed by atoms with E-state index in [0.29, 0.717) is 12.5 Å². The second kappa shape index (κ2) is 10.5. The third-order valence-corrected chi connectivity index (χ3v) is 4.40. The minimum atomic E-state index is -0.0441. The van der Waals surface area contributed by atoms with Crippen LogP contribution in [0.25, 0.3) is 0 Å². The van der Waals surface area contributed by atoms with E-state index >= 15 is 0 Å². The van der Waals surface area contributed by atoms with E-state index in [1.54, 1.807) is 0 Å². The maximum absolute atomic E-state index is 5.90. The number of nitrogens with two attached hydrogens (primary N) is 1. The molecule has 24 heavy (non-hydrogen) atoms. The normalized spacial score (nSPS) is 17.5. The van der Waals surface area contributed by atoms with Crippen molar-refractivity contribution in [2.75, 3.05) is 45.9 Å². The minimum Gasteiger partial charge on any atom is -0.488 e. The molecule has 1 heterocycles. The first-order valence-corrected chi connectivity index (χ1v) is 9.19. The molecule has 6 nitrogen and oxygen atoms in total. The van der Waals surface area contributed by atoms with E-state index in [0.717, 1.165) is 56.0 Å². The fourth-order valence-electron chi connectivity index (χ4n) is 2.42. The van der Waals surface area contributed by atoms with Gasteiger partial charge < -0.3 is 20.5 Å². The van der Waals surface area contributed by atoms with E-state index in [1.165, 1.54) is 0 Å². The fraction of sp³-hybridized carbons (Fsp3) is 0.588. The van der Waals surface area contributed by atoms with Crippen LogP contribution in [0.5, 0.6) is 5.75 Å². The van der Waals surface area contributed by atoms with Crippen LogP contribution in [0.15, 0.2) is 33.7 Å². The average molecular weight is 399 g/mol. The molecular formula is C17H27BrN4O2. The van der Waals surface area contributed by atoms with Crippen molar-refractivity contribution in [3.8, 4) is 5.75 Å². The number of halogens is 1. The quantitative estimate of drug-likeness (QED) is 0.397. The number of ether oxygens (including phenoxy) is 2. The third-order valence-electron chi connectivity index (χ3n) is 3.74. The average Bonchev–Trinajstić information content (AvgIpc) is 2.60. The highest BCUT2D eigenvalue weighted by molar-refractivity contribution is 9.10. The number of aliphatic imine (C=N–C) groups is 1. The van der Waals surface area contributed by atoms with Crippen LogP contribution < -0.4 is 15.8 Å². The second-order valence-electron chi connectivity index (χ2n) is 5.82. The summed E-state index contributed by atoms with van der Waals surface area (Å²) in [6, 6.07) is 7.78. The summed E-state index contributed by atoms with van der Waals surface area (Å²) in [6.45, 7) is 8.11. The lowest BCUT2D eigenvalue weighted by atomic mass is 10.3. The van der Waals surface area contributed by atoms with Crippen molar-refractivity contribution >= 4 is 21.9 Å². The maximum Gasteiger partial charge on any atom is 0.188 e. The highest BCUT2D eigenvalue weighted by atomic mass is 79.9. The van der Waals surface area contributed by atoms with Gasteiger partial charge in [0.1, 0.15) is 11.9 Å². The van der Waals surface area contributed by atoms with Gasteiger partial charge in [-0.05, 0) is 48.0 Å². The second-order valence-corrected chi connectivity index (χ2v) is 6.67. The summed E-state index contributed by atoms with van der Waals surface area (Å²) in [5.41, 5.74) is 5.90. The molecule has 0 spiro atoms. The standard InChI is InChI=1S/C17H27BrN4O2/c1-14(24-16-6-3-2-5-15(16)18)13-21-17(19)20-7-4-8-22-9-11-23-12-10-22/h2-3,5-6,14H,4,7-13H2,1H3,(H3,19,20,21). The Balaban J connectivity index is 1.61. The predicted molar refractivity (Wildman–Crippen MR) is 101 cm³/mol. The Hall–Kier alpha value is -1.31. The molecule has 0 aliphatic carbocycles. The first-order valence-electron chi connectivity index (χ1n) is 8.40. The number of nitrogens with one attached hydrogen (secondary N) is 1. The van der Waals surface area contributed by atoms with Gasteiger partial charge in [-0.15, -0.1) is 0 Å². The van der Waals surface area contributed by atoms with E-state index in [-0.39, 0.29) is 6.10 Å². The zero-order valence-electron chi connectivity index (χ0n) is 14.2. The molecule has 1 saturated heterocycles. The van der Waals surface area contributed by atoms with Crippen LogP contribution in [0.2, 0.25) is 0 Å². The Morgan fingerprint density at radius 3 is 2.92 bits per heavy atom. The Kier molecular flexibility index (Phi) is 8.35. The number of morpholine rings is 1. The number of para-hydroxylation sites is 1. The summed E-state index contributed by atoms with van der Waals surface area (Å²) in [6.07, 6.45) is 0.997. The molecule has 1 atom stereocenters. The summed E-state index contributed by atoms with van der Waals surface area (Å²) < 4.78 is 12.1. The highest BCUT2D eigenvalue weighted by Gasteiger charge is 2.09. The van der Waals surface area contributed by atoms with Crippen LogP contribution in [0.1, 0.15) is 13.3 Å². The molecule has 0 saturated carbocycles. The molecule has 0 amide bonds. The molecule has 0 radical (unpaired) electrons. The van der Waals surface area contributed by atoms with Gasteiger partial charge in [0.2, 0.25) is 0 Å². The smallest absolute Gasteiger partial charge is 0.188 e.